The van der Waals surface area contributed by atoms with Crippen molar-refractivity contribution in [3.63, 3.8) is 0 Å². The van der Waals surface area contributed by atoms with E-state index >= 15 is 0 Å². The lowest BCUT2D eigenvalue weighted by Gasteiger charge is -2.24. The number of hydrogen-bond acceptors (Lipinski definition) is 6. The van der Waals surface area contributed by atoms with Gasteiger partial charge in [-0.2, -0.15) is 5.10 Å². The van der Waals surface area contributed by atoms with E-state index in [-0.39, 0.29) is 0 Å². The summed E-state index contributed by atoms with van der Waals surface area (Å²) in [4.78, 5) is 0. The smallest absolute Gasteiger partial charge is 0.423 e. The molecule has 0 fully saturated rings. The van der Waals surface area contributed by atoms with Crippen LogP contribution in [0.2, 0.25) is 0 Å². The van der Waals surface area contributed by atoms with Crippen molar-refractivity contribution < 1.29 is 10.0 Å². The Morgan fingerprint density at radius 1 is 1.07 bits per heavy atom. The van der Waals surface area contributed by atoms with Gasteiger partial charge in [0, 0.05) is 13.1 Å². The van der Waals surface area contributed by atoms with E-state index in [1.165, 1.54) is 5.56 Å². The third kappa shape index (κ3) is 7.93. The lowest BCUT2D eigenvalue weighted by molar-refractivity contribution is 0.192. The third-order valence-corrected chi connectivity index (χ3v) is 4.03. The minimum Gasteiger partial charge on any atom is -0.423 e. The average Bonchev–Trinajstić information content (AvgIpc) is 2.64. The predicted octanol–water partition coefficient (Wildman–Crippen LogP) is 1.03. The summed E-state index contributed by atoms with van der Waals surface area (Å²) in [5, 5.41) is 27.0. The van der Waals surface area contributed by atoms with Gasteiger partial charge >= 0.3 is 7.12 Å². The number of hydrazone groups is 1. The fourth-order valence-corrected chi connectivity index (χ4v) is 2.72. The van der Waals surface area contributed by atoms with Crippen LogP contribution in [0.1, 0.15) is 25.0 Å². The second-order valence-electron chi connectivity index (χ2n) is 7.05. The molecule has 2 aromatic carbocycles. The van der Waals surface area contributed by atoms with E-state index in [9.17, 15) is 10.0 Å². The van der Waals surface area contributed by atoms with E-state index in [1.54, 1.807) is 24.4 Å². The van der Waals surface area contributed by atoms with E-state index in [2.05, 4.69) is 31.1 Å². The average molecular weight is 368 g/mol. The van der Waals surface area contributed by atoms with Gasteiger partial charge in [0.15, 0.2) is 0 Å². The van der Waals surface area contributed by atoms with Gasteiger partial charge in [-0.1, -0.05) is 68.4 Å². The van der Waals surface area contributed by atoms with Crippen molar-refractivity contribution in [1.82, 2.24) is 10.0 Å². The molecular weight excluding hydrogens is 339 g/mol. The fourth-order valence-electron chi connectivity index (χ4n) is 2.72. The van der Waals surface area contributed by atoms with E-state index in [1.807, 2.05) is 34.3 Å². The lowest BCUT2D eigenvalue weighted by atomic mass is 9.80. The fraction of sp³-hybridized carbons (Fsp3) is 0.350. The lowest BCUT2D eigenvalue weighted by Crippen LogP contribution is -2.39. The van der Waals surface area contributed by atoms with Gasteiger partial charge in [0.05, 0.1) is 19.3 Å². The summed E-state index contributed by atoms with van der Waals surface area (Å²) in [7, 11) is -1.49. The molecule has 0 atom stereocenters. The van der Waals surface area contributed by atoms with Crippen LogP contribution in [0.4, 0.5) is 0 Å². The molecule has 0 spiro atoms. The highest BCUT2D eigenvalue weighted by Gasteiger charge is 2.10. The number of benzene rings is 2. The number of hydrazine groups is 1. The number of rotatable bonds is 10. The van der Waals surface area contributed by atoms with Gasteiger partial charge in [-0.05, 0) is 22.5 Å². The molecule has 0 bridgehead atoms. The Labute approximate surface area is 162 Å². The van der Waals surface area contributed by atoms with Crippen LogP contribution in [0.25, 0.3) is 0 Å². The molecule has 2 aromatic rings. The molecule has 6 nitrogen and oxygen atoms in total. The monoisotopic (exact) mass is 368 g/mol. The van der Waals surface area contributed by atoms with E-state index in [4.69, 9.17) is 5.84 Å². The Morgan fingerprint density at radius 2 is 1.81 bits per heavy atom. The minimum atomic E-state index is -1.49. The molecule has 0 amide bonds. The Bertz CT molecular complexity index is 710. The minimum absolute atomic E-state index is 0.443. The van der Waals surface area contributed by atoms with E-state index in [0.29, 0.717) is 31.0 Å². The molecule has 0 heterocycles. The second-order valence-corrected chi connectivity index (χ2v) is 7.05. The van der Waals surface area contributed by atoms with E-state index in [0.717, 1.165) is 12.1 Å². The number of nitrogens with two attached hydrogens (primary N) is 1. The van der Waals surface area contributed by atoms with Gasteiger partial charge in [-0.15, -0.1) is 0 Å². The molecular formula is C20H29BN4O2. The molecule has 144 valence electrons. The van der Waals surface area contributed by atoms with Crippen LogP contribution in [-0.4, -0.2) is 53.0 Å². The highest BCUT2D eigenvalue weighted by molar-refractivity contribution is 6.58. The maximum absolute atomic E-state index is 9.32. The van der Waals surface area contributed by atoms with Crippen molar-refractivity contribution >= 4 is 18.8 Å². The summed E-state index contributed by atoms with van der Waals surface area (Å²) >= 11 is 0. The van der Waals surface area contributed by atoms with Crippen molar-refractivity contribution in [2.45, 2.75) is 20.4 Å². The maximum Gasteiger partial charge on any atom is 0.488 e. The van der Waals surface area contributed by atoms with Gasteiger partial charge in [-0.3, -0.25) is 10.9 Å². The standard InChI is InChI=1S/C20H29BN4O2/c1-17(2)15-24(22)11-12-25(16-18-7-4-3-5-8-18)23-14-19-9-6-10-20(13-19)21(26)27/h3-10,13-14,17,26-27H,11-12,15-16,22H2,1-2H3/b23-14+. The molecule has 7 heteroatoms. The number of nitrogens with zero attached hydrogens (tertiary/aromatic N) is 3. The summed E-state index contributed by atoms with van der Waals surface area (Å²) in [5.41, 5.74) is 2.42. The SMILES string of the molecule is CC(C)CN(N)CCN(Cc1ccccc1)/N=C/c1cccc(B(O)O)c1. The summed E-state index contributed by atoms with van der Waals surface area (Å²) in [5.74, 6) is 6.58. The molecule has 0 saturated heterocycles. The largest absolute Gasteiger partial charge is 0.488 e. The highest BCUT2D eigenvalue weighted by atomic mass is 16.4. The van der Waals surface area contributed by atoms with Gasteiger partial charge in [0.25, 0.3) is 0 Å². The summed E-state index contributed by atoms with van der Waals surface area (Å²) in [6, 6.07) is 17.2. The Kier molecular flexibility index (Phi) is 8.48. The van der Waals surface area contributed by atoms with Crippen molar-refractivity contribution in [1.29, 1.82) is 0 Å². The van der Waals surface area contributed by atoms with Crippen molar-refractivity contribution in [3.8, 4) is 0 Å². The zero-order chi connectivity index (χ0) is 19.6. The summed E-state index contributed by atoms with van der Waals surface area (Å²) in [6.07, 6.45) is 1.73. The van der Waals surface area contributed by atoms with Crippen LogP contribution in [-0.2, 0) is 6.54 Å². The third-order valence-electron chi connectivity index (χ3n) is 4.03. The van der Waals surface area contributed by atoms with Crippen LogP contribution in [0.3, 0.4) is 0 Å². The zero-order valence-electron chi connectivity index (χ0n) is 16.1. The van der Waals surface area contributed by atoms with Gasteiger partial charge < -0.3 is 10.0 Å². The molecule has 0 radical (unpaired) electrons. The van der Waals surface area contributed by atoms with Gasteiger partial charge in [-0.25, -0.2) is 5.01 Å². The molecule has 4 N–H and O–H groups in total. The Morgan fingerprint density at radius 3 is 2.48 bits per heavy atom. The van der Waals surface area contributed by atoms with Crippen LogP contribution < -0.4 is 11.3 Å². The van der Waals surface area contributed by atoms with Crippen LogP contribution in [0.15, 0.2) is 59.7 Å². The first-order chi connectivity index (χ1) is 12.9. The van der Waals surface area contributed by atoms with Crippen molar-refractivity contribution in [3.05, 3.63) is 65.7 Å². The quantitative estimate of drug-likeness (QED) is 0.253. The summed E-state index contributed by atoms with van der Waals surface area (Å²) < 4.78 is 0. The molecule has 27 heavy (non-hydrogen) atoms. The summed E-state index contributed by atoms with van der Waals surface area (Å²) in [6.45, 7) is 7.19. The van der Waals surface area contributed by atoms with E-state index < -0.39 is 7.12 Å². The Hall–Kier alpha value is -2.19. The van der Waals surface area contributed by atoms with Crippen molar-refractivity contribution in [2.24, 2.45) is 16.9 Å². The van der Waals surface area contributed by atoms with Crippen LogP contribution >= 0.6 is 0 Å². The molecule has 2 rings (SSSR count). The first kappa shape index (κ1) is 21.1. The molecule has 0 aliphatic rings. The number of hydrogen-bond donors (Lipinski definition) is 3. The van der Waals surface area contributed by atoms with Crippen molar-refractivity contribution in [2.75, 3.05) is 19.6 Å². The molecule has 0 aromatic heterocycles. The highest BCUT2D eigenvalue weighted by Crippen LogP contribution is 2.06. The molecule has 0 aliphatic heterocycles. The van der Waals surface area contributed by atoms with Crippen LogP contribution in [0.5, 0.6) is 0 Å². The van der Waals surface area contributed by atoms with Gasteiger partial charge in [0.1, 0.15) is 0 Å². The van der Waals surface area contributed by atoms with Crippen LogP contribution in [0, 0.1) is 5.92 Å². The van der Waals surface area contributed by atoms with Gasteiger partial charge in [0.2, 0.25) is 0 Å². The predicted molar refractivity (Wildman–Crippen MR) is 111 cm³/mol. The zero-order valence-corrected chi connectivity index (χ0v) is 16.1. The first-order valence-electron chi connectivity index (χ1n) is 9.22. The normalized spacial score (nSPS) is 11.5. The Balaban J connectivity index is 2.07. The molecule has 0 aliphatic carbocycles. The molecule has 0 saturated carbocycles. The first-order valence-corrected chi connectivity index (χ1v) is 9.22. The topological polar surface area (TPSA) is 85.3 Å². The second kappa shape index (κ2) is 10.8. The maximum atomic E-state index is 9.32. The molecule has 0 unspecified atom stereocenters.